The fraction of sp³-hybridized carbons (Fsp3) is 0.632. The van der Waals surface area contributed by atoms with Crippen molar-refractivity contribution in [2.75, 3.05) is 7.05 Å². The van der Waals surface area contributed by atoms with Crippen LogP contribution in [0.1, 0.15) is 64.0 Å². The van der Waals surface area contributed by atoms with Gasteiger partial charge in [-0.25, -0.2) is 4.79 Å². The summed E-state index contributed by atoms with van der Waals surface area (Å²) in [5.41, 5.74) is 1.49. The Labute approximate surface area is 142 Å². The third kappa shape index (κ3) is 6.24. The Morgan fingerprint density at radius 1 is 1.30 bits per heavy atom. The monoisotopic (exact) mass is 335 g/mol. The maximum atomic E-state index is 12.2. The number of ether oxygens (including phenoxy) is 1. The van der Waals surface area contributed by atoms with Crippen molar-refractivity contribution in [2.45, 2.75) is 64.1 Å². The van der Waals surface area contributed by atoms with Gasteiger partial charge in [-0.1, -0.05) is 51.2 Å². The topological polar surface area (TPSA) is 38.3 Å². The number of hydrogen-bond donors (Lipinski definition) is 1. The van der Waals surface area contributed by atoms with Gasteiger partial charge in [-0.3, -0.25) is 0 Å². The van der Waals surface area contributed by atoms with Crippen molar-refractivity contribution >= 4 is 14.3 Å². The maximum Gasteiger partial charge on any atom is 0.328 e. The third-order valence-electron chi connectivity index (χ3n) is 4.78. The zero-order chi connectivity index (χ0) is 16.7. The molecule has 1 aliphatic rings. The average molecular weight is 335 g/mol. The van der Waals surface area contributed by atoms with Crippen LogP contribution in [0.25, 0.3) is 0 Å². The quantitative estimate of drug-likeness (QED) is 0.668. The molecule has 3 unspecified atom stereocenters. The highest BCUT2D eigenvalue weighted by molar-refractivity contribution is 7.57. The summed E-state index contributed by atoms with van der Waals surface area (Å²) in [7, 11) is 2.17. The van der Waals surface area contributed by atoms with Crippen LogP contribution in [-0.4, -0.2) is 18.4 Å². The molecule has 0 saturated heterocycles. The van der Waals surface area contributed by atoms with Gasteiger partial charge in [0, 0.05) is 6.04 Å². The van der Waals surface area contributed by atoms with Crippen LogP contribution in [0.2, 0.25) is 0 Å². The van der Waals surface area contributed by atoms with Crippen molar-refractivity contribution < 1.29 is 9.53 Å². The Kier molecular flexibility index (Phi) is 7.52. The highest BCUT2D eigenvalue weighted by atomic mass is 31.1. The first kappa shape index (κ1) is 18.4. The van der Waals surface area contributed by atoms with Gasteiger partial charge in [0.1, 0.15) is 5.75 Å². The molecule has 0 radical (unpaired) electrons. The predicted octanol–water partition coefficient (Wildman–Crippen LogP) is 5.50. The van der Waals surface area contributed by atoms with E-state index in [9.17, 15) is 4.79 Å². The van der Waals surface area contributed by atoms with E-state index in [1.807, 2.05) is 31.3 Å². The predicted molar refractivity (Wildman–Crippen MR) is 98.9 cm³/mol. The van der Waals surface area contributed by atoms with E-state index in [1.165, 1.54) is 38.5 Å². The van der Waals surface area contributed by atoms with E-state index in [2.05, 4.69) is 19.2 Å². The SMILES string of the molecule is CNC(C)c1cccc(OC(=O)PC(C)CC2CCCCC2)c1. The van der Waals surface area contributed by atoms with Crippen LogP contribution in [0.4, 0.5) is 4.79 Å². The van der Waals surface area contributed by atoms with Crippen LogP contribution in [0, 0.1) is 5.92 Å². The molecule has 23 heavy (non-hydrogen) atoms. The average Bonchev–Trinajstić information content (AvgIpc) is 2.55. The molecule has 3 atom stereocenters. The normalized spacial score (nSPS) is 18.9. The second kappa shape index (κ2) is 9.39. The molecular weight excluding hydrogens is 305 g/mol. The van der Waals surface area contributed by atoms with Gasteiger partial charge in [0.15, 0.2) is 0 Å². The summed E-state index contributed by atoms with van der Waals surface area (Å²) in [5.74, 6) is 1.48. The Bertz CT molecular complexity index is 500. The van der Waals surface area contributed by atoms with Crippen LogP contribution < -0.4 is 10.1 Å². The lowest BCUT2D eigenvalue weighted by Crippen LogP contribution is -2.14. The summed E-state index contributed by atoms with van der Waals surface area (Å²) < 4.78 is 5.56. The summed E-state index contributed by atoms with van der Waals surface area (Å²) in [5, 5.41) is 3.20. The fourth-order valence-electron chi connectivity index (χ4n) is 3.33. The van der Waals surface area contributed by atoms with Crippen LogP contribution in [0.3, 0.4) is 0 Å². The molecule has 1 aromatic carbocycles. The van der Waals surface area contributed by atoms with Gasteiger partial charge in [0.25, 0.3) is 0 Å². The zero-order valence-electron chi connectivity index (χ0n) is 14.6. The van der Waals surface area contributed by atoms with Crippen LogP contribution in [0.15, 0.2) is 24.3 Å². The molecule has 1 aromatic rings. The minimum absolute atomic E-state index is 0.0810. The van der Waals surface area contributed by atoms with Crippen molar-refractivity contribution in [3.8, 4) is 5.75 Å². The molecule has 0 spiro atoms. The van der Waals surface area contributed by atoms with Gasteiger partial charge >= 0.3 is 5.71 Å². The van der Waals surface area contributed by atoms with E-state index in [1.54, 1.807) is 0 Å². The van der Waals surface area contributed by atoms with E-state index in [4.69, 9.17) is 4.74 Å². The minimum atomic E-state index is -0.0810. The van der Waals surface area contributed by atoms with Crippen molar-refractivity contribution in [2.24, 2.45) is 5.92 Å². The number of nitrogens with one attached hydrogen (secondary N) is 1. The summed E-state index contributed by atoms with van der Waals surface area (Å²) in [6, 6.07) is 8.06. The first-order valence-corrected chi connectivity index (χ1v) is 9.91. The summed E-state index contributed by atoms with van der Waals surface area (Å²) in [4.78, 5) is 12.2. The van der Waals surface area contributed by atoms with Gasteiger partial charge in [0.05, 0.1) is 0 Å². The smallest absolute Gasteiger partial charge is 0.328 e. The second-order valence-corrected chi connectivity index (χ2v) is 8.44. The fourth-order valence-corrected chi connectivity index (χ4v) is 4.36. The second-order valence-electron chi connectivity index (χ2n) is 6.76. The molecule has 1 saturated carbocycles. The lowest BCUT2D eigenvalue weighted by Gasteiger charge is -2.24. The van der Waals surface area contributed by atoms with E-state index in [0.717, 1.165) is 11.5 Å². The molecule has 0 amide bonds. The summed E-state index contributed by atoms with van der Waals surface area (Å²) >= 11 is 0. The first-order chi connectivity index (χ1) is 11.1. The Morgan fingerprint density at radius 3 is 2.74 bits per heavy atom. The molecule has 3 nitrogen and oxygen atoms in total. The third-order valence-corrected chi connectivity index (χ3v) is 5.84. The molecule has 0 aromatic heterocycles. The molecule has 2 rings (SSSR count). The van der Waals surface area contributed by atoms with Gasteiger partial charge < -0.3 is 10.1 Å². The van der Waals surface area contributed by atoms with Crippen molar-refractivity contribution in [1.29, 1.82) is 0 Å². The molecule has 1 N–H and O–H groups in total. The molecule has 128 valence electrons. The highest BCUT2D eigenvalue weighted by Crippen LogP contribution is 2.34. The molecule has 0 bridgehead atoms. The summed E-state index contributed by atoms with van der Waals surface area (Å²) in [6.45, 7) is 4.28. The van der Waals surface area contributed by atoms with E-state index < -0.39 is 0 Å². The largest absolute Gasteiger partial charge is 0.424 e. The lowest BCUT2D eigenvalue weighted by atomic mass is 9.86. The highest BCUT2D eigenvalue weighted by Gasteiger charge is 2.19. The van der Waals surface area contributed by atoms with E-state index in [0.29, 0.717) is 11.4 Å². The van der Waals surface area contributed by atoms with Crippen LogP contribution in [-0.2, 0) is 0 Å². The summed E-state index contributed by atoms with van der Waals surface area (Å²) in [6.07, 6.45) is 7.96. The zero-order valence-corrected chi connectivity index (χ0v) is 15.6. The molecule has 4 heteroatoms. The van der Waals surface area contributed by atoms with Gasteiger partial charge in [0.2, 0.25) is 0 Å². The van der Waals surface area contributed by atoms with Crippen LogP contribution >= 0.6 is 8.58 Å². The first-order valence-electron chi connectivity index (χ1n) is 8.84. The molecule has 1 fully saturated rings. The maximum absolute atomic E-state index is 12.2. The van der Waals surface area contributed by atoms with Crippen molar-refractivity contribution in [1.82, 2.24) is 5.32 Å². The minimum Gasteiger partial charge on any atom is -0.424 e. The van der Waals surface area contributed by atoms with Crippen molar-refractivity contribution in [3.63, 3.8) is 0 Å². The standard InChI is InChI=1S/C19H30NO2P/c1-14(12-16-8-5-4-6-9-16)23-19(21)22-18-11-7-10-17(13-18)15(2)20-3/h7,10-11,13-16,20,23H,4-6,8-9,12H2,1-3H3. The Balaban J connectivity index is 1.81. The molecule has 0 heterocycles. The Morgan fingerprint density at radius 2 is 2.04 bits per heavy atom. The number of carbonyl (C=O) groups is 1. The van der Waals surface area contributed by atoms with Gasteiger partial charge in [-0.2, -0.15) is 0 Å². The molecule has 1 aliphatic carbocycles. The number of rotatable bonds is 7. The molecular formula is C19H30NO2P. The van der Waals surface area contributed by atoms with E-state index >= 15 is 0 Å². The van der Waals surface area contributed by atoms with Crippen LogP contribution in [0.5, 0.6) is 5.75 Å². The number of benzene rings is 1. The van der Waals surface area contributed by atoms with Crippen molar-refractivity contribution in [3.05, 3.63) is 29.8 Å². The Hall–Kier alpha value is -0.920. The lowest BCUT2D eigenvalue weighted by molar-refractivity contribution is 0.226. The van der Waals surface area contributed by atoms with Gasteiger partial charge in [-0.15, -0.1) is 0 Å². The number of hydrogen-bond acceptors (Lipinski definition) is 3. The van der Waals surface area contributed by atoms with E-state index in [-0.39, 0.29) is 20.3 Å². The number of carbonyl (C=O) groups excluding carboxylic acids is 1. The van der Waals surface area contributed by atoms with Gasteiger partial charge in [-0.05, 0) is 58.2 Å². The molecule has 0 aliphatic heterocycles.